The van der Waals surface area contributed by atoms with E-state index in [1.807, 2.05) is 18.2 Å². The van der Waals surface area contributed by atoms with Gasteiger partial charge in [-0.2, -0.15) is 0 Å². The summed E-state index contributed by atoms with van der Waals surface area (Å²) in [6.07, 6.45) is 5.71. The standard InChI is InChI=1S/C24H27NO6/c1-28-20-13-16(14-21(29-2)24(20)30-3)11-12-23(27)31-15-22(26)25-19-10-6-8-17-7-4-5-9-18(17)19/h4-5,7,9,11-14,19H,6,8,10,15H2,1-3H3,(H,25,26)/b12-11+/t19-/m1/s1. The molecule has 1 amide bonds. The molecule has 7 heteroatoms. The van der Waals surface area contributed by atoms with Gasteiger partial charge in [0.1, 0.15) is 0 Å². The molecule has 31 heavy (non-hydrogen) atoms. The van der Waals surface area contributed by atoms with Crippen molar-refractivity contribution in [1.82, 2.24) is 5.32 Å². The molecule has 2 aromatic rings. The topological polar surface area (TPSA) is 83.1 Å². The Balaban J connectivity index is 1.56. The first-order valence-corrected chi connectivity index (χ1v) is 10.1. The Bertz CT molecular complexity index is 943. The van der Waals surface area contributed by atoms with Crippen LogP contribution in [0.25, 0.3) is 6.08 Å². The lowest BCUT2D eigenvalue weighted by Gasteiger charge is -2.26. The van der Waals surface area contributed by atoms with Gasteiger partial charge in [-0.3, -0.25) is 4.79 Å². The van der Waals surface area contributed by atoms with Crippen LogP contribution < -0.4 is 19.5 Å². The van der Waals surface area contributed by atoms with Crippen LogP contribution in [0.1, 0.15) is 35.6 Å². The molecular weight excluding hydrogens is 398 g/mol. The van der Waals surface area contributed by atoms with Crippen molar-refractivity contribution in [3.8, 4) is 17.2 Å². The van der Waals surface area contributed by atoms with Crippen molar-refractivity contribution < 1.29 is 28.5 Å². The molecule has 0 heterocycles. The van der Waals surface area contributed by atoms with Crippen LogP contribution in [0.3, 0.4) is 0 Å². The van der Waals surface area contributed by atoms with Crippen LogP contribution in [0.15, 0.2) is 42.5 Å². The van der Waals surface area contributed by atoms with E-state index >= 15 is 0 Å². The fourth-order valence-corrected chi connectivity index (χ4v) is 3.69. The van der Waals surface area contributed by atoms with Crippen LogP contribution in [-0.2, 0) is 20.7 Å². The normalized spacial score (nSPS) is 15.1. The van der Waals surface area contributed by atoms with Crippen LogP contribution in [0, 0.1) is 0 Å². The second kappa shape index (κ2) is 10.5. The molecule has 7 nitrogen and oxygen atoms in total. The maximum atomic E-state index is 12.3. The molecule has 0 radical (unpaired) electrons. The van der Waals surface area contributed by atoms with E-state index in [4.69, 9.17) is 18.9 Å². The Hall–Kier alpha value is -3.48. The number of esters is 1. The third-order valence-electron chi connectivity index (χ3n) is 5.15. The maximum absolute atomic E-state index is 12.3. The molecule has 1 atom stereocenters. The summed E-state index contributed by atoms with van der Waals surface area (Å²) in [5.74, 6) is 0.471. The summed E-state index contributed by atoms with van der Waals surface area (Å²) in [5.41, 5.74) is 3.05. The van der Waals surface area contributed by atoms with Crippen molar-refractivity contribution in [1.29, 1.82) is 0 Å². The average Bonchev–Trinajstić information content (AvgIpc) is 2.80. The summed E-state index contributed by atoms with van der Waals surface area (Å²) in [4.78, 5) is 24.3. The Morgan fingerprint density at radius 3 is 2.45 bits per heavy atom. The van der Waals surface area contributed by atoms with Gasteiger partial charge < -0.3 is 24.3 Å². The molecule has 1 aliphatic carbocycles. The number of nitrogens with one attached hydrogen (secondary N) is 1. The number of fused-ring (bicyclic) bond motifs is 1. The highest BCUT2D eigenvalue weighted by atomic mass is 16.5. The smallest absolute Gasteiger partial charge is 0.331 e. The predicted molar refractivity (Wildman–Crippen MR) is 116 cm³/mol. The summed E-state index contributed by atoms with van der Waals surface area (Å²) in [6.45, 7) is -0.336. The number of ether oxygens (including phenoxy) is 4. The van der Waals surface area contributed by atoms with Gasteiger partial charge in [0.15, 0.2) is 18.1 Å². The van der Waals surface area contributed by atoms with Crippen LogP contribution in [0.5, 0.6) is 17.2 Å². The van der Waals surface area contributed by atoms with Crippen molar-refractivity contribution in [3.05, 3.63) is 59.2 Å². The summed E-state index contributed by atoms with van der Waals surface area (Å²) in [7, 11) is 4.55. The molecule has 3 rings (SSSR count). The van der Waals surface area contributed by atoms with Crippen LogP contribution >= 0.6 is 0 Å². The van der Waals surface area contributed by atoms with E-state index in [0.29, 0.717) is 22.8 Å². The zero-order valence-electron chi connectivity index (χ0n) is 18.0. The minimum atomic E-state index is -0.618. The monoisotopic (exact) mass is 425 g/mol. The Morgan fingerprint density at radius 1 is 1.06 bits per heavy atom. The van der Waals surface area contributed by atoms with Crippen molar-refractivity contribution in [2.45, 2.75) is 25.3 Å². The van der Waals surface area contributed by atoms with E-state index in [-0.39, 0.29) is 18.6 Å². The summed E-state index contributed by atoms with van der Waals surface area (Å²) < 4.78 is 21.0. The largest absolute Gasteiger partial charge is 0.493 e. The molecule has 1 aliphatic rings. The SMILES string of the molecule is COc1cc(/C=C/C(=O)OCC(=O)N[C@@H]2CCCc3ccccc32)cc(OC)c1OC. The van der Waals surface area contributed by atoms with E-state index in [0.717, 1.165) is 24.8 Å². The summed E-state index contributed by atoms with van der Waals surface area (Å²) >= 11 is 0. The van der Waals surface area contributed by atoms with Gasteiger partial charge >= 0.3 is 5.97 Å². The molecule has 0 saturated heterocycles. The van der Waals surface area contributed by atoms with Gasteiger partial charge in [0.2, 0.25) is 5.75 Å². The van der Waals surface area contributed by atoms with Crippen molar-refractivity contribution in [2.75, 3.05) is 27.9 Å². The Kier molecular flexibility index (Phi) is 7.54. The number of amides is 1. The average molecular weight is 425 g/mol. The lowest BCUT2D eigenvalue weighted by Crippen LogP contribution is -2.34. The Morgan fingerprint density at radius 2 is 1.77 bits per heavy atom. The quantitative estimate of drug-likeness (QED) is 0.515. The van der Waals surface area contributed by atoms with Crippen molar-refractivity contribution in [3.63, 3.8) is 0 Å². The molecular formula is C24H27NO6. The molecule has 0 fully saturated rings. The van der Waals surface area contributed by atoms with Crippen LogP contribution in [0.2, 0.25) is 0 Å². The van der Waals surface area contributed by atoms with Crippen molar-refractivity contribution >= 4 is 18.0 Å². The van der Waals surface area contributed by atoms with Gasteiger partial charge in [0.05, 0.1) is 27.4 Å². The highest BCUT2D eigenvalue weighted by molar-refractivity contribution is 5.89. The number of rotatable bonds is 8. The highest BCUT2D eigenvalue weighted by Gasteiger charge is 2.21. The van der Waals surface area contributed by atoms with Crippen LogP contribution in [0.4, 0.5) is 0 Å². The summed E-state index contributed by atoms with van der Waals surface area (Å²) in [5, 5.41) is 2.96. The minimum absolute atomic E-state index is 0.0501. The molecule has 0 aliphatic heterocycles. The number of carbonyl (C=O) groups excluding carboxylic acids is 2. The zero-order valence-corrected chi connectivity index (χ0v) is 18.0. The number of aryl methyl sites for hydroxylation is 1. The second-order valence-electron chi connectivity index (χ2n) is 7.11. The number of hydrogen-bond donors (Lipinski definition) is 1. The van der Waals surface area contributed by atoms with Gasteiger partial charge in [-0.1, -0.05) is 24.3 Å². The molecule has 0 bridgehead atoms. The van der Waals surface area contributed by atoms with E-state index in [9.17, 15) is 9.59 Å². The van der Waals surface area contributed by atoms with Gasteiger partial charge in [0, 0.05) is 6.08 Å². The van der Waals surface area contributed by atoms with E-state index < -0.39 is 5.97 Å². The number of carbonyl (C=O) groups is 2. The molecule has 2 aromatic carbocycles. The fourth-order valence-electron chi connectivity index (χ4n) is 3.69. The molecule has 164 valence electrons. The highest BCUT2D eigenvalue weighted by Crippen LogP contribution is 2.38. The third kappa shape index (κ3) is 5.57. The summed E-state index contributed by atoms with van der Waals surface area (Å²) in [6, 6.07) is 11.5. The fraction of sp³-hybridized carbons (Fsp3) is 0.333. The lowest BCUT2D eigenvalue weighted by atomic mass is 9.88. The van der Waals surface area contributed by atoms with E-state index in [1.165, 1.54) is 33.0 Å². The second-order valence-corrected chi connectivity index (χ2v) is 7.11. The minimum Gasteiger partial charge on any atom is -0.493 e. The zero-order chi connectivity index (χ0) is 22.2. The van der Waals surface area contributed by atoms with Crippen LogP contribution in [-0.4, -0.2) is 39.8 Å². The first-order valence-electron chi connectivity index (χ1n) is 10.1. The first-order chi connectivity index (χ1) is 15.0. The molecule has 1 N–H and O–H groups in total. The predicted octanol–water partition coefficient (Wildman–Crippen LogP) is 3.46. The van der Waals surface area contributed by atoms with Gasteiger partial charge in [-0.25, -0.2) is 4.79 Å². The van der Waals surface area contributed by atoms with Gasteiger partial charge in [0.25, 0.3) is 5.91 Å². The van der Waals surface area contributed by atoms with E-state index in [1.54, 1.807) is 18.2 Å². The molecule has 0 spiro atoms. The Labute approximate surface area is 181 Å². The van der Waals surface area contributed by atoms with E-state index in [2.05, 4.69) is 11.4 Å². The third-order valence-corrected chi connectivity index (χ3v) is 5.15. The van der Waals surface area contributed by atoms with Gasteiger partial charge in [-0.15, -0.1) is 0 Å². The molecule has 0 saturated carbocycles. The number of benzene rings is 2. The van der Waals surface area contributed by atoms with Gasteiger partial charge in [-0.05, 0) is 54.2 Å². The maximum Gasteiger partial charge on any atom is 0.331 e. The first kappa shape index (κ1) is 22.2. The molecule has 0 unspecified atom stereocenters. The number of hydrogen-bond acceptors (Lipinski definition) is 6. The lowest BCUT2D eigenvalue weighted by molar-refractivity contribution is -0.144. The van der Waals surface area contributed by atoms with Crippen molar-refractivity contribution in [2.24, 2.45) is 0 Å². The molecule has 0 aromatic heterocycles. The number of methoxy groups -OCH3 is 3.